The van der Waals surface area contributed by atoms with Crippen molar-refractivity contribution < 1.29 is 4.74 Å². The molecule has 3 aromatic rings. The summed E-state index contributed by atoms with van der Waals surface area (Å²) in [5.74, 6) is 0. The highest BCUT2D eigenvalue weighted by molar-refractivity contribution is 5.73. The topological polar surface area (TPSA) is 58.2 Å². The third-order valence-electron chi connectivity index (χ3n) is 4.37. The van der Waals surface area contributed by atoms with E-state index in [1.165, 1.54) is 5.56 Å². The zero-order valence-electron chi connectivity index (χ0n) is 13.3. The zero-order valence-corrected chi connectivity index (χ0v) is 13.3. The van der Waals surface area contributed by atoms with Gasteiger partial charge in [0.05, 0.1) is 23.7 Å². The molecule has 1 fully saturated rings. The first-order chi connectivity index (χ1) is 11.8. The Morgan fingerprint density at radius 1 is 1.12 bits per heavy atom. The number of benzene rings is 2. The molecule has 1 aromatic heterocycles. The van der Waals surface area contributed by atoms with E-state index in [1.807, 2.05) is 42.5 Å². The van der Waals surface area contributed by atoms with Gasteiger partial charge in [0.2, 0.25) is 0 Å². The number of hydrogen-bond acceptors (Lipinski definition) is 4. The van der Waals surface area contributed by atoms with Crippen LogP contribution in [0.1, 0.15) is 17.4 Å². The lowest BCUT2D eigenvalue weighted by molar-refractivity contribution is -0.0333. The number of para-hydroxylation sites is 2. The largest absolute Gasteiger partial charge is 0.371 e. The molecule has 2 aromatic carbocycles. The fourth-order valence-corrected chi connectivity index (χ4v) is 3.10. The van der Waals surface area contributed by atoms with E-state index in [-0.39, 0.29) is 11.7 Å². The lowest BCUT2D eigenvalue weighted by Gasteiger charge is -2.32. The molecule has 1 saturated heterocycles. The number of nitrogens with zero attached hydrogens (tertiary/aromatic N) is 2. The first kappa shape index (κ1) is 15.1. The lowest BCUT2D eigenvalue weighted by Crippen LogP contribution is -2.39. The average Bonchev–Trinajstić information content (AvgIpc) is 2.63. The maximum atomic E-state index is 12.3. The number of H-pyrrole nitrogens is 1. The van der Waals surface area contributed by atoms with E-state index in [2.05, 4.69) is 27.0 Å². The van der Waals surface area contributed by atoms with Gasteiger partial charge in [-0.2, -0.15) is 0 Å². The Balaban J connectivity index is 1.55. The Bertz CT molecular complexity index is 892. The van der Waals surface area contributed by atoms with Gasteiger partial charge in [0.1, 0.15) is 5.69 Å². The molecule has 0 aliphatic carbocycles. The molecule has 0 amide bonds. The predicted octanol–water partition coefficient (Wildman–Crippen LogP) is 2.50. The quantitative estimate of drug-likeness (QED) is 0.805. The van der Waals surface area contributed by atoms with Crippen LogP contribution in [0.2, 0.25) is 0 Å². The minimum Gasteiger partial charge on any atom is -0.371 e. The van der Waals surface area contributed by atoms with Gasteiger partial charge < -0.3 is 9.72 Å². The SMILES string of the molecule is O=c1[nH]c2ccccc2nc1CN1CCOC(c2ccccc2)C1. The van der Waals surface area contributed by atoms with Crippen LogP contribution in [0.3, 0.4) is 0 Å². The van der Waals surface area contributed by atoms with Gasteiger partial charge in [-0.15, -0.1) is 0 Å². The van der Waals surface area contributed by atoms with Crippen molar-refractivity contribution in [2.24, 2.45) is 0 Å². The Morgan fingerprint density at radius 2 is 1.92 bits per heavy atom. The average molecular weight is 321 g/mol. The van der Waals surface area contributed by atoms with Gasteiger partial charge in [-0.3, -0.25) is 9.69 Å². The van der Waals surface area contributed by atoms with Crippen molar-refractivity contribution in [3.05, 3.63) is 76.2 Å². The summed E-state index contributed by atoms with van der Waals surface area (Å²) in [7, 11) is 0. The molecule has 1 unspecified atom stereocenters. The second-order valence-electron chi connectivity index (χ2n) is 6.04. The molecule has 0 radical (unpaired) electrons. The first-order valence-corrected chi connectivity index (χ1v) is 8.16. The van der Waals surface area contributed by atoms with Crippen molar-refractivity contribution >= 4 is 11.0 Å². The Kier molecular flexibility index (Phi) is 4.11. The van der Waals surface area contributed by atoms with Crippen LogP contribution in [0.5, 0.6) is 0 Å². The van der Waals surface area contributed by atoms with Crippen LogP contribution < -0.4 is 5.56 Å². The number of aromatic nitrogens is 2. The Labute approximate surface area is 139 Å². The second-order valence-corrected chi connectivity index (χ2v) is 6.04. The molecule has 5 nitrogen and oxygen atoms in total. The molecule has 2 heterocycles. The van der Waals surface area contributed by atoms with E-state index in [0.29, 0.717) is 18.8 Å². The summed E-state index contributed by atoms with van der Waals surface area (Å²) in [6, 6.07) is 17.8. The summed E-state index contributed by atoms with van der Waals surface area (Å²) in [6.07, 6.45) is 0.0412. The third-order valence-corrected chi connectivity index (χ3v) is 4.37. The van der Waals surface area contributed by atoms with Gasteiger partial charge in [-0.05, 0) is 17.7 Å². The minimum absolute atomic E-state index is 0.0412. The molecule has 122 valence electrons. The maximum Gasteiger partial charge on any atom is 0.271 e. The molecular weight excluding hydrogens is 302 g/mol. The monoisotopic (exact) mass is 321 g/mol. The fourth-order valence-electron chi connectivity index (χ4n) is 3.10. The van der Waals surface area contributed by atoms with Gasteiger partial charge >= 0.3 is 0 Å². The third kappa shape index (κ3) is 3.09. The molecule has 1 atom stereocenters. The highest BCUT2D eigenvalue weighted by Crippen LogP contribution is 2.22. The molecular formula is C19H19N3O2. The van der Waals surface area contributed by atoms with Crippen molar-refractivity contribution in [2.75, 3.05) is 19.7 Å². The molecule has 1 aliphatic heterocycles. The summed E-state index contributed by atoms with van der Waals surface area (Å²) >= 11 is 0. The van der Waals surface area contributed by atoms with Gasteiger partial charge in [-0.1, -0.05) is 42.5 Å². The number of nitrogens with one attached hydrogen (secondary N) is 1. The molecule has 0 bridgehead atoms. The van der Waals surface area contributed by atoms with Crippen LogP contribution in [0.4, 0.5) is 0 Å². The second kappa shape index (κ2) is 6.55. The Hall–Kier alpha value is -2.50. The first-order valence-electron chi connectivity index (χ1n) is 8.16. The molecule has 0 saturated carbocycles. The van der Waals surface area contributed by atoms with Crippen LogP contribution in [0.15, 0.2) is 59.4 Å². The van der Waals surface area contributed by atoms with Crippen molar-refractivity contribution in [1.29, 1.82) is 0 Å². The number of rotatable bonds is 3. The molecule has 5 heteroatoms. The summed E-state index contributed by atoms with van der Waals surface area (Å²) < 4.78 is 5.88. The van der Waals surface area contributed by atoms with Crippen LogP contribution in [0.25, 0.3) is 11.0 Å². The molecule has 4 rings (SSSR count). The van der Waals surface area contributed by atoms with Gasteiger partial charge in [0.15, 0.2) is 0 Å². The number of fused-ring (bicyclic) bond motifs is 1. The summed E-state index contributed by atoms with van der Waals surface area (Å²) in [4.78, 5) is 22.0. The Morgan fingerprint density at radius 3 is 2.79 bits per heavy atom. The lowest BCUT2D eigenvalue weighted by atomic mass is 10.1. The summed E-state index contributed by atoms with van der Waals surface area (Å²) in [5, 5.41) is 0. The number of morpholine rings is 1. The van der Waals surface area contributed by atoms with E-state index >= 15 is 0 Å². The van der Waals surface area contributed by atoms with Gasteiger partial charge in [-0.25, -0.2) is 4.98 Å². The highest BCUT2D eigenvalue weighted by atomic mass is 16.5. The minimum atomic E-state index is -0.114. The van der Waals surface area contributed by atoms with E-state index in [9.17, 15) is 4.79 Å². The zero-order chi connectivity index (χ0) is 16.4. The van der Waals surface area contributed by atoms with Crippen LogP contribution >= 0.6 is 0 Å². The molecule has 1 N–H and O–H groups in total. The van der Waals surface area contributed by atoms with Crippen molar-refractivity contribution in [3.63, 3.8) is 0 Å². The van der Waals surface area contributed by atoms with Crippen molar-refractivity contribution in [3.8, 4) is 0 Å². The van der Waals surface area contributed by atoms with E-state index in [0.717, 1.165) is 24.1 Å². The van der Waals surface area contributed by atoms with Gasteiger partial charge in [0.25, 0.3) is 5.56 Å². The molecule has 1 aliphatic rings. The van der Waals surface area contributed by atoms with E-state index in [1.54, 1.807) is 0 Å². The van der Waals surface area contributed by atoms with Crippen LogP contribution in [-0.4, -0.2) is 34.6 Å². The van der Waals surface area contributed by atoms with Crippen molar-refractivity contribution in [2.45, 2.75) is 12.6 Å². The number of ether oxygens (including phenoxy) is 1. The van der Waals surface area contributed by atoms with E-state index in [4.69, 9.17) is 4.74 Å². The predicted molar refractivity (Wildman–Crippen MR) is 92.8 cm³/mol. The molecule has 24 heavy (non-hydrogen) atoms. The standard InChI is InChI=1S/C19H19N3O2/c23-19-17(20-15-8-4-5-9-16(15)21-19)12-22-10-11-24-18(13-22)14-6-2-1-3-7-14/h1-9,18H,10-13H2,(H,21,23). The highest BCUT2D eigenvalue weighted by Gasteiger charge is 2.23. The molecule has 0 spiro atoms. The van der Waals surface area contributed by atoms with Crippen LogP contribution in [0, 0.1) is 0 Å². The summed E-state index contributed by atoms with van der Waals surface area (Å²) in [6.45, 7) is 2.76. The fraction of sp³-hybridized carbons (Fsp3) is 0.263. The smallest absolute Gasteiger partial charge is 0.271 e. The van der Waals surface area contributed by atoms with Crippen molar-refractivity contribution in [1.82, 2.24) is 14.9 Å². The van der Waals surface area contributed by atoms with Crippen LogP contribution in [-0.2, 0) is 11.3 Å². The number of aromatic amines is 1. The van der Waals surface area contributed by atoms with E-state index < -0.39 is 0 Å². The summed E-state index contributed by atoms with van der Waals surface area (Å²) in [5.41, 5.74) is 3.21. The normalized spacial score (nSPS) is 18.8. The van der Waals surface area contributed by atoms with Gasteiger partial charge in [0, 0.05) is 19.6 Å². The number of hydrogen-bond donors (Lipinski definition) is 1. The maximum absolute atomic E-state index is 12.3.